The number of hydrogen-bond donors (Lipinski definition) is 1. The van der Waals surface area contributed by atoms with E-state index in [1.807, 2.05) is 42.5 Å². The Balaban J connectivity index is 1.85. The van der Waals surface area contributed by atoms with Gasteiger partial charge in [0.2, 0.25) is 0 Å². The second-order valence-corrected chi connectivity index (χ2v) is 15.6. The number of nitro benzene ring substituents is 1. The Labute approximate surface area is 136 Å². The predicted octanol–water partition coefficient (Wildman–Crippen LogP) is 3.35. The molecule has 0 amide bonds. The molecule has 0 fully saturated rings. The summed E-state index contributed by atoms with van der Waals surface area (Å²) in [5.74, 6) is 0. The Hall–Kier alpha value is -0.985. The van der Waals surface area contributed by atoms with Gasteiger partial charge in [-0.1, -0.05) is 0 Å². The van der Waals surface area contributed by atoms with Crippen LogP contribution in [-0.2, 0) is 23.1 Å². The number of non-ortho nitro benzene ring substituents is 1. The summed E-state index contributed by atoms with van der Waals surface area (Å²) in [4.78, 5) is 10.2. The quantitative estimate of drug-likeness (QED) is 0.308. The van der Waals surface area contributed by atoms with Crippen molar-refractivity contribution in [3.63, 3.8) is 0 Å². The molecule has 2 aromatic rings. The van der Waals surface area contributed by atoms with Gasteiger partial charge < -0.3 is 0 Å². The molecule has 0 radical (unpaired) electrons. The van der Waals surface area contributed by atoms with Crippen molar-refractivity contribution in [3.8, 4) is 0 Å². The van der Waals surface area contributed by atoms with E-state index in [1.54, 1.807) is 20.4 Å². The normalized spacial score (nSPS) is 9.60. The van der Waals surface area contributed by atoms with Gasteiger partial charge in [-0.2, -0.15) is 0 Å². The molecule has 4 nitrogen and oxygen atoms in total. The van der Waals surface area contributed by atoms with Crippen LogP contribution in [0.15, 0.2) is 54.6 Å². The van der Waals surface area contributed by atoms with Crippen molar-refractivity contribution >= 4 is 39.2 Å². The number of rotatable bonds is 4. The number of thiocarbonyl (C=S) groups is 1. The molecule has 1 N–H and O–H groups in total. The Morgan fingerprint density at radius 2 is 1.80 bits per heavy atom. The van der Waals surface area contributed by atoms with E-state index in [-0.39, 0.29) is 10.6 Å². The van der Waals surface area contributed by atoms with Crippen molar-refractivity contribution in [3.05, 3.63) is 64.7 Å². The summed E-state index contributed by atoms with van der Waals surface area (Å²) in [6.07, 6.45) is 0. The zero-order valence-electron chi connectivity index (χ0n) is 10.5. The predicted molar refractivity (Wildman–Crippen MR) is 83.0 cm³/mol. The minimum atomic E-state index is -1.41. The van der Waals surface area contributed by atoms with Crippen molar-refractivity contribution < 1.29 is 28.0 Å². The molecule has 0 saturated carbocycles. The number of anilines is 1. The van der Waals surface area contributed by atoms with Crippen LogP contribution >= 0.6 is 20.5 Å². The van der Waals surface area contributed by atoms with Crippen molar-refractivity contribution in [2.75, 3.05) is 5.32 Å². The van der Waals surface area contributed by atoms with Crippen LogP contribution in [0.3, 0.4) is 0 Å². The van der Waals surface area contributed by atoms with E-state index < -0.39 is 23.1 Å². The van der Waals surface area contributed by atoms with E-state index >= 15 is 0 Å². The number of nitrogens with one attached hydrogen (secondary N) is 1. The van der Waals surface area contributed by atoms with Crippen LogP contribution in [0, 0.1) is 10.1 Å². The van der Waals surface area contributed by atoms with E-state index in [0.29, 0.717) is 0 Å². The molecule has 20 heavy (non-hydrogen) atoms. The molecule has 0 saturated heterocycles. The summed E-state index contributed by atoms with van der Waals surface area (Å²) in [6.45, 7) is 0. The van der Waals surface area contributed by atoms with Crippen molar-refractivity contribution in [2.45, 2.75) is 0 Å². The van der Waals surface area contributed by atoms with Gasteiger partial charge in [0.05, 0.1) is 0 Å². The van der Waals surface area contributed by atoms with Gasteiger partial charge in [0, 0.05) is 0 Å². The molecule has 0 bridgehead atoms. The van der Waals surface area contributed by atoms with Crippen LogP contribution in [0.5, 0.6) is 0 Å². The number of benzene rings is 2. The molecule has 7 heteroatoms. The van der Waals surface area contributed by atoms with Gasteiger partial charge in [-0.25, -0.2) is 0 Å². The van der Waals surface area contributed by atoms with Crippen LogP contribution in [0.2, 0.25) is 0 Å². The average Bonchev–Trinajstić information content (AvgIpc) is 2.46. The van der Waals surface area contributed by atoms with Gasteiger partial charge in [-0.05, 0) is 0 Å². The zero-order valence-corrected chi connectivity index (χ0v) is 17.6. The summed E-state index contributed by atoms with van der Waals surface area (Å²) in [5, 5.41) is 13.8. The maximum absolute atomic E-state index is 10.6. The average molecular weight is 491 g/mol. The standard InChI is InChI=1S/C7H7NS2.C6H4NO2.Hg/c9-7(10)8-6-4-2-1-3-5-6;8-7(9)6-4-2-1-3-5-6;/h1-5H,(H2,8,9,10);2-5H;/q;;+1/p-1. The van der Waals surface area contributed by atoms with E-state index in [4.69, 9.17) is 12.2 Å². The van der Waals surface area contributed by atoms with Crippen molar-refractivity contribution in [2.24, 2.45) is 0 Å². The first-order valence-electron chi connectivity index (χ1n) is 5.87. The first-order chi connectivity index (χ1) is 9.65. The molecule has 2 aromatic carbocycles. The topological polar surface area (TPSA) is 55.2 Å². The third kappa shape index (κ3) is 4.84. The number of nitro groups is 1. The SMILES string of the molecule is O=[N+]([O-])c1cc[c]([Hg][S]C(=S)Nc2ccccc2)cc1. The monoisotopic (exact) mass is 492 g/mol. The van der Waals surface area contributed by atoms with Gasteiger partial charge in [-0.3, -0.25) is 0 Å². The van der Waals surface area contributed by atoms with Gasteiger partial charge in [0.15, 0.2) is 0 Å². The van der Waals surface area contributed by atoms with E-state index in [9.17, 15) is 10.1 Å². The molecule has 0 unspecified atom stereocenters. The number of nitrogens with zero attached hydrogens (tertiary/aromatic N) is 1. The summed E-state index contributed by atoms with van der Waals surface area (Å²) in [7, 11) is 1.71. The molecule has 0 aliphatic heterocycles. The molecule has 0 aliphatic rings. The third-order valence-electron chi connectivity index (χ3n) is 2.54. The van der Waals surface area contributed by atoms with Crippen LogP contribution in [-0.4, -0.2) is 9.24 Å². The fraction of sp³-hybridized carbons (Fsp3) is 0. The van der Waals surface area contributed by atoms with Crippen LogP contribution in [0.1, 0.15) is 0 Å². The Morgan fingerprint density at radius 3 is 2.40 bits per heavy atom. The number of para-hydroxylation sites is 1. The van der Waals surface area contributed by atoms with Gasteiger partial charge in [0.25, 0.3) is 0 Å². The van der Waals surface area contributed by atoms with E-state index in [0.717, 1.165) is 10.0 Å². The summed E-state index contributed by atoms with van der Waals surface area (Å²) in [5.41, 5.74) is 1.12. The molecule has 0 atom stereocenters. The minimum absolute atomic E-state index is 0.136. The van der Waals surface area contributed by atoms with Gasteiger partial charge in [-0.15, -0.1) is 0 Å². The summed E-state index contributed by atoms with van der Waals surface area (Å²) < 4.78 is 1.99. The molecule has 0 aromatic heterocycles. The van der Waals surface area contributed by atoms with Gasteiger partial charge >= 0.3 is 137 Å². The van der Waals surface area contributed by atoms with E-state index in [1.165, 1.54) is 3.07 Å². The molecule has 0 heterocycles. The van der Waals surface area contributed by atoms with Gasteiger partial charge in [0.1, 0.15) is 0 Å². The maximum atomic E-state index is 10.6. The first kappa shape index (κ1) is 15.4. The van der Waals surface area contributed by atoms with Crippen molar-refractivity contribution in [1.29, 1.82) is 0 Å². The number of hydrogen-bond acceptors (Lipinski definition) is 4. The molecule has 2 rings (SSSR count). The zero-order chi connectivity index (χ0) is 14.4. The first-order valence-corrected chi connectivity index (χ1v) is 16.7. The fourth-order valence-electron chi connectivity index (χ4n) is 1.54. The summed E-state index contributed by atoms with van der Waals surface area (Å²) >= 11 is 3.90. The van der Waals surface area contributed by atoms with Crippen LogP contribution in [0.25, 0.3) is 0 Å². The second kappa shape index (κ2) is 7.71. The Morgan fingerprint density at radius 1 is 1.15 bits per heavy atom. The summed E-state index contributed by atoms with van der Waals surface area (Å²) in [6, 6.07) is 16.6. The van der Waals surface area contributed by atoms with Crippen LogP contribution in [0.4, 0.5) is 11.4 Å². The van der Waals surface area contributed by atoms with Crippen molar-refractivity contribution in [1.82, 2.24) is 0 Å². The Bertz CT molecular complexity index is 606. The molecular formula is C13H10HgN2O2S2. The Kier molecular flexibility index (Phi) is 5.94. The third-order valence-corrected chi connectivity index (χ3v) is 17.0. The van der Waals surface area contributed by atoms with E-state index in [2.05, 4.69) is 5.32 Å². The second-order valence-electron chi connectivity index (χ2n) is 3.99. The molecule has 98 valence electrons. The fourth-order valence-corrected chi connectivity index (χ4v) is 11.4. The molecular weight excluding hydrogens is 481 g/mol. The van der Waals surface area contributed by atoms with Crippen LogP contribution < -0.4 is 8.39 Å². The molecule has 0 aliphatic carbocycles. The molecule has 0 spiro atoms.